The molecule has 4 nitrogen and oxygen atoms in total. The Hall–Kier alpha value is -1.85. The molecule has 3 aromatic rings. The van der Waals surface area contributed by atoms with E-state index in [9.17, 15) is 5.11 Å². The second-order valence-corrected chi connectivity index (χ2v) is 5.83. The third kappa shape index (κ3) is 2.66. The summed E-state index contributed by atoms with van der Waals surface area (Å²) in [4.78, 5) is 8.78. The fraction of sp³-hybridized carbons (Fsp3) is 0.0667. The SMILES string of the molecule is Cn1c(N=Cc2cc(Cl)cc(Br)c2O)nc2ccccc21. The first-order valence-corrected chi connectivity index (χ1v) is 7.37. The van der Waals surface area contributed by atoms with Gasteiger partial charge < -0.3 is 9.67 Å². The molecular formula is C15H11BrClN3O. The minimum atomic E-state index is 0.0990. The number of nitrogens with zero attached hydrogens (tertiary/aromatic N) is 3. The van der Waals surface area contributed by atoms with Gasteiger partial charge in [0.15, 0.2) is 0 Å². The number of aromatic hydroxyl groups is 1. The molecule has 0 aliphatic heterocycles. The van der Waals surface area contributed by atoms with Crippen molar-refractivity contribution in [2.75, 3.05) is 0 Å². The minimum Gasteiger partial charge on any atom is -0.506 e. The van der Waals surface area contributed by atoms with Crippen LogP contribution in [0, 0.1) is 0 Å². The molecule has 0 unspecified atom stereocenters. The lowest BCUT2D eigenvalue weighted by atomic mass is 10.2. The predicted molar refractivity (Wildman–Crippen MR) is 88.8 cm³/mol. The smallest absolute Gasteiger partial charge is 0.230 e. The number of rotatable bonds is 2. The fourth-order valence-electron chi connectivity index (χ4n) is 2.06. The largest absolute Gasteiger partial charge is 0.506 e. The van der Waals surface area contributed by atoms with Crippen molar-refractivity contribution >= 4 is 50.7 Å². The quantitative estimate of drug-likeness (QED) is 0.683. The molecule has 0 saturated carbocycles. The van der Waals surface area contributed by atoms with Gasteiger partial charge in [-0.15, -0.1) is 0 Å². The average molecular weight is 365 g/mol. The number of hydrogen-bond donors (Lipinski definition) is 1. The first kappa shape index (κ1) is 14.1. The third-order valence-corrected chi connectivity index (χ3v) is 3.96. The van der Waals surface area contributed by atoms with E-state index in [1.54, 1.807) is 18.3 Å². The Kier molecular flexibility index (Phi) is 3.69. The van der Waals surface area contributed by atoms with Crippen LogP contribution in [0.1, 0.15) is 5.56 Å². The van der Waals surface area contributed by atoms with E-state index >= 15 is 0 Å². The molecule has 3 rings (SSSR count). The summed E-state index contributed by atoms with van der Waals surface area (Å²) in [6.07, 6.45) is 1.55. The molecule has 1 N–H and O–H groups in total. The Morgan fingerprint density at radius 1 is 1.33 bits per heavy atom. The molecule has 0 aliphatic rings. The standard InChI is InChI=1S/C15H11BrClN3O/c1-20-13-5-3-2-4-12(13)19-15(20)18-8-9-6-10(17)7-11(16)14(9)21/h2-8,21H,1H3. The van der Waals surface area contributed by atoms with Gasteiger partial charge >= 0.3 is 0 Å². The number of halogens is 2. The highest BCUT2D eigenvalue weighted by Gasteiger charge is 2.08. The van der Waals surface area contributed by atoms with Crippen molar-refractivity contribution in [3.63, 3.8) is 0 Å². The zero-order valence-corrected chi connectivity index (χ0v) is 13.4. The Balaban J connectivity index is 2.04. The van der Waals surface area contributed by atoms with Crippen molar-refractivity contribution in [2.45, 2.75) is 0 Å². The van der Waals surface area contributed by atoms with Gasteiger partial charge in [0.05, 0.1) is 15.5 Å². The number of phenols is 1. The fourth-order valence-corrected chi connectivity index (χ4v) is 2.89. The first-order chi connectivity index (χ1) is 10.1. The van der Waals surface area contributed by atoms with Crippen molar-refractivity contribution in [3.8, 4) is 5.75 Å². The Labute approximate surface area is 134 Å². The van der Waals surface area contributed by atoms with Crippen LogP contribution >= 0.6 is 27.5 Å². The summed E-state index contributed by atoms with van der Waals surface area (Å²) in [5.41, 5.74) is 2.41. The second kappa shape index (κ2) is 5.50. The molecular weight excluding hydrogens is 354 g/mol. The van der Waals surface area contributed by atoms with Crippen LogP contribution in [0.5, 0.6) is 5.75 Å². The van der Waals surface area contributed by atoms with Crippen LogP contribution in [0.15, 0.2) is 45.9 Å². The number of aromatic nitrogens is 2. The van der Waals surface area contributed by atoms with E-state index in [-0.39, 0.29) is 5.75 Å². The molecule has 0 radical (unpaired) electrons. The van der Waals surface area contributed by atoms with Crippen LogP contribution in [0.3, 0.4) is 0 Å². The summed E-state index contributed by atoms with van der Waals surface area (Å²) in [5, 5.41) is 10.5. The number of aliphatic imine (C=N–C) groups is 1. The Bertz CT molecular complexity index is 857. The van der Waals surface area contributed by atoms with E-state index in [0.29, 0.717) is 21.0 Å². The lowest BCUT2D eigenvalue weighted by Crippen LogP contribution is -1.88. The number of benzene rings is 2. The van der Waals surface area contributed by atoms with Gasteiger partial charge in [-0.25, -0.2) is 9.98 Å². The highest BCUT2D eigenvalue weighted by molar-refractivity contribution is 9.10. The van der Waals surface area contributed by atoms with E-state index in [4.69, 9.17) is 11.6 Å². The monoisotopic (exact) mass is 363 g/mol. The van der Waals surface area contributed by atoms with Gasteiger partial charge in [-0.05, 0) is 40.2 Å². The van der Waals surface area contributed by atoms with Gasteiger partial charge in [0.1, 0.15) is 5.75 Å². The van der Waals surface area contributed by atoms with Gasteiger partial charge in [0.25, 0.3) is 0 Å². The number of hydrogen-bond acceptors (Lipinski definition) is 3. The van der Waals surface area contributed by atoms with Crippen molar-refractivity contribution in [3.05, 3.63) is 51.5 Å². The average Bonchev–Trinajstić information content (AvgIpc) is 2.78. The summed E-state index contributed by atoms with van der Waals surface area (Å²) < 4.78 is 2.42. The number of para-hydroxylation sites is 2. The van der Waals surface area contributed by atoms with Crippen molar-refractivity contribution in [1.82, 2.24) is 9.55 Å². The van der Waals surface area contributed by atoms with Crippen molar-refractivity contribution in [2.24, 2.45) is 12.0 Å². The van der Waals surface area contributed by atoms with Crippen LogP contribution in [0.4, 0.5) is 5.95 Å². The Morgan fingerprint density at radius 3 is 2.86 bits per heavy atom. The second-order valence-electron chi connectivity index (χ2n) is 4.54. The van der Waals surface area contributed by atoms with E-state index in [1.807, 2.05) is 35.9 Å². The predicted octanol–water partition coefficient (Wildman–Crippen LogP) is 4.45. The molecule has 0 bridgehead atoms. The summed E-state index contributed by atoms with van der Waals surface area (Å²) in [5.74, 6) is 0.661. The highest BCUT2D eigenvalue weighted by atomic mass is 79.9. The normalized spacial score (nSPS) is 11.6. The van der Waals surface area contributed by atoms with Crippen molar-refractivity contribution in [1.29, 1.82) is 0 Å². The van der Waals surface area contributed by atoms with Gasteiger partial charge in [-0.3, -0.25) is 0 Å². The zero-order chi connectivity index (χ0) is 15.0. The third-order valence-electron chi connectivity index (χ3n) is 3.14. The van der Waals surface area contributed by atoms with Crippen LogP contribution in [-0.2, 0) is 7.05 Å². The molecule has 0 aliphatic carbocycles. The summed E-state index contributed by atoms with van der Waals surface area (Å²) >= 11 is 9.22. The molecule has 0 amide bonds. The van der Waals surface area contributed by atoms with Gasteiger partial charge in [0, 0.05) is 23.8 Å². The molecule has 2 aromatic carbocycles. The molecule has 6 heteroatoms. The molecule has 0 fully saturated rings. The maximum absolute atomic E-state index is 9.99. The maximum atomic E-state index is 9.99. The molecule has 21 heavy (non-hydrogen) atoms. The van der Waals surface area contributed by atoms with Gasteiger partial charge in [0.2, 0.25) is 5.95 Å². The number of imidazole rings is 1. The lowest BCUT2D eigenvalue weighted by Gasteiger charge is -2.02. The van der Waals surface area contributed by atoms with E-state index in [0.717, 1.165) is 11.0 Å². The molecule has 0 spiro atoms. The van der Waals surface area contributed by atoms with Gasteiger partial charge in [-0.1, -0.05) is 23.7 Å². The van der Waals surface area contributed by atoms with Gasteiger partial charge in [-0.2, -0.15) is 0 Å². The van der Waals surface area contributed by atoms with E-state index in [2.05, 4.69) is 25.9 Å². The van der Waals surface area contributed by atoms with Crippen molar-refractivity contribution < 1.29 is 5.11 Å². The molecule has 0 saturated heterocycles. The molecule has 106 valence electrons. The summed E-state index contributed by atoms with van der Waals surface area (Å²) in [6, 6.07) is 11.1. The minimum absolute atomic E-state index is 0.0990. The lowest BCUT2D eigenvalue weighted by molar-refractivity contribution is 0.471. The topological polar surface area (TPSA) is 50.4 Å². The van der Waals surface area contributed by atoms with Crippen LogP contribution in [0.2, 0.25) is 5.02 Å². The van der Waals surface area contributed by atoms with E-state index < -0.39 is 0 Å². The number of fused-ring (bicyclic) bond motifs is 1. The Morgan fingerprint density at radius 2 is 2.10 bits per heavy atom. The molecule has 0 atom stereocenters. The van der Waals surface area contributed by atoms with Crippen LogP contribution in [0.25, 0.3) is 11.0 Å². The zero-order valence-electron chi connectivity index (χ0n) is 11.1. The number of phenolic OH excluding ortho intramolecular Hbond substituents is 1. The van der Waals surface area contributed by atoms with Crippen LogP contribution < -0.4 is 0 Å². The molecule has 1 heterocycles. The summed E-state index contributed by atoms with van der Waals surface area (Å²) in [6.45, 7) is 0. The van der Waals surface area contributed by atoms with Crippen LogP contribution in [-0.4, -0.2) is 20.9 Å². The first-order valence-electron chi connectivity index (χ1n) is 6.20. The highest BCUT2D eigenvalue weighted by Crippen LogP contribution is 2.31. The summed E-state index contributed by atoms with van der Waals surface area (Å²) in [7, 11) is 1.90. The number of aryl methyl sites for hydroxylation is 1. The van der Waals surface area contributed by atoms with E-state index in [1.165, 1.54) is 0 Å². The molecule has 1 aromatic heterocycles. The maximum Gasteiger partial charge on any atom is 0.230 e.